The van der Waals surface area contributed by atoms with Gasteiger partial charge in [-0.15, -0.1) is 0 Å². The van der Waals surface area contributed by atoms with Gasteiger partial charge in [-0.25, -0.2) is 0 Å². The van der Waals surface area contributed by atoms with Crippen molar-refractivity contribution < 1.29 is 77.9 Å². The van der Waals surface area contributed by atoms with Crippen LogP contribution in [0.1, 0.15) is 233 Å². The number of benzene rings is 4. The molecule has 4 aromatic rings. The summed E-state index contributed by atoms with van der Waals surface area (Å²) < 4.78 is 41.9. The molecule has 4 N–H and O–H groups in total. The minimum absolute atomic E-state index is 0. The van der Waals surface area contributed by atoms with Gasteiger partial charge in [-0.05, 0) is 110 Å². The predicted octanol–water partition coefficient (Wildman–Crippen LogP) is 7.37. The maximum absolute atomic E-state index is 13.1. The monoisotopic (exact) mass is 1450 g/mol. The standard InChI is InChI=1S/4C21H37NO3.2Mg/c4*1-20(2,3)17-13-16(19(23)18(14-17)21(4,5)6)15-22(9-11-24-7)10-12-25-8;;/h4*13-14,23H,9-12,15H2,1-8H3;;/q;;;;2*+2. The topological polar surface area (TPSA) is 184 Å². The van der Waals surface area contributed by atoms with Crippen LogP contribution < -0.4 is 40.0 Å². The summed E-state index contributed by atoms with van der Waals surface area (Å²) in [6.45, 7) is 66.9. The summed E-state index contributed by atoms with van der Waals surface area (Å²) >= 11 is 0. The van der Waals surface area contributed by atoms with Gasteiger partial charge in [0.15, 0.2) is 0 Å². The number of ether oxygens (including phenoxy) is 8. The van der Waals surface area contributed by atoms with E-state index in [2.05, 4.69) is 215 Å². The van der Waals surface area contributed by atoms with Crippen LogP contribution in [0.15, 0.2) is 48.5 Å². The maximum Gasteiger partial charge on any atom is 2.00 e. The van der Waals surface area contributed by atoms with Crippen LogP contribution in [0, 0.1) is 0 Å². The van der Waals surface area contributed by atoms with E-state index in [4.69, 9.17) is 37.9 Å². The van der Waals surface area contributed by atoms with Gasteiger partial charge in [-0.1, -0.05) is 238 Å². The Hall–Kier alpha value is -2.87. The zero-order valence-electron chi connectivity index (χ0n) is 71.1. The first-order chi connectivity index (χ1) is 46.0. The molecule has 0 radical (unpaired) electrons. The Morgan fingerprint density at radius 1 is 0.225 bits per heavy atom. The zero-order chi connectivity index (χ0) is 77.0. The molecule has 4 rings (SSSR count). The van der Waals surface area contributed by atoms with E-state index in [-0.39, 0.29) is 112 Å². The van der Waals surface area contributed by atoms with Crippen molar-refractivity contribution in [3.8, 4) is 23.0 Å². The van der Waals surface area contributed by atoms with Crippen molar-refractivity contribution in [2.45, 2.75) is 236 Å². The fraction of sp³-hybridized carbons (Fsp3) is 0.714. The van der Waals surface area contributed by atoms with Gasteiger partial charge in [0.2, 0.25) is 0 Å². The van der Waals surface area contributed by atoms with Crippen molar-refractivity contribution in [1.29, 1.82) is 0 Å². The SMILES string of the molecule is COCC[NH+](CCOC)Cc1cc(C(C)(C)C)cc(C(C)(C)C)c1[O-].COCC[NH+](CCOC)Cc1cc(C(C)(C)C)cc(C(C)(C)C)c1[O-].COCC[NH+](CCOC)Cc1cc(C(C)(C)C)cc(C(C)(C)C)c1[O-].COCC[NH+](CCOC)Cc1cc(C(C)(C)C)cc(C(C)(C)C)c1[O-].[Mg+2].[Mg+2]. The van der Waals surface area contributed by atoms with E-state index in [0.29, 0.717) is 79.0 Å². The molecule has 576 valence electrons. The van der Waals surface area contributed by atoms with Crippen molar-refractivity contribution >= 4 is 46.1 Å². The van der Waals surface area contributed by atoms with Crippen molar-refractivity contribution in [1.82, 2.24) is 0 Å². The van der Waals surface area contributed by atoms with Gasteiger partial charge in [-0.2, -0.15) is 0 Å². The first-order valence-corrected chi connectivity index (χ1v) is 36.7. The third-order valence-corrected chi connectivity index (χ3v) is 18.4. The summed E-state index contributed by atoms with van der Waals surface area (Å²) in [5.41, 5.74) is 11.6. The Labute approximate surface area is 655 Å². The fourth-order valence-electron chi connectivity index (χ4n) is 11.5. The van der Waals surface area contributed by atoms with Crippen LogP contribution in [0.3, 0.4) is 0 Å². The molecule has 0 amide bonds. The van der Waals surface area contributed by atoms with E-state index < -0.39 is 0 Å². The molecule has 16 nitrogen and oxygen atoms in total. The molecule has 0 spiro atoms. The van der Waals surface area contributed by atoms with Crippen LogP contribution >= 0.6 is 0 Å². The second kappa shape index (κ2) is 46.5. The summed E-state index contributed by atoms with van der Waals surface area (Å²) in [4.78, 5) is 5.25. The smallest absolute Gasteiger partial charge is 0.872 e. The number of nitrogens with one attached hydrogen (secondary N) is 4. The molecular formula is C84H148Mg2N4O12+4. The van der Waals surface area contributed by atoms with Gasteiger partial charge in [0.05, 0.1) is 52.9 Å². The van der Waals surface area contributed by atoms with E-state index in [1.54, 1.807) is 56.9 Å². The van der Waals surface area contributed by atoms with Crippen LogP contribution in [-0.2, 0) is 107 Å². The summed E-state index contributed by atoms with van der Waals surface area (Å²) in [6, 6.07) is 16.9. The maximum atomic E-state index is 13.1. The minimum Gasteiger partial charge on any atom is -0.872 e. The van der Waals surface area contributed by atoms with Crippen LogP contribution in [0.25, 0.3) is 0 Å². The molecule has 0 aliphatic carbocycles. The Morgan fingerprint density at radius 2 is 0.353 bits per heavy atom. The predicted molar refractivity (Wildman–Crippen MR) is 417 cm³/mol. The Bertz CT molecular complexity index is 2550. The largest absolute Gasteiger partial charge is 2.00 e. The molecule has 102 heavy (non-hydrogen) atoms. The molecule has 0 saturated carbocycles. The van der Waals surface area contributed by atoms with Crippen LogP contribution in [0.2, 0.25) is 0 Å². The molecule has 0 aliphatic rings. The molecule has 4 aromatic carbocycles. The van der Waals surface area contributed by atoms with E-state index >= 15 is 0 Å². The number of rotatable bonds is 32. The Kier molecular flexibility index (Phi) is 46.1. The number of quaternary nitrogens is 4. The quantitative estimate of drug-likeness (QED) is 0.0357. The molecular weight excluding hydrogens is 1310 g/mol. The molecule has 0 heterocycles. The third-order valence-electron chi connectivity index (χ3n) is 18.4. The molecule has 18 heteroatoms. The minimum atomic E-state index is -0.160. The fourth-order valence-corrected chi connectivity index (χ4v) is 11.5. The van der Waals surface area contributed by atoms with Gasteiger partial charge in [0, 0.05) is 56.9 Å². The zero-order valence-corrected chi connectivity index (χ0v) is 73.9. The average molecular weight is 1450 g/mol. The van der Waals surface area contributed by atoms with E-state index in [9.17, 15) is 20.4 Å². The van der Waals surface area contributed by atoms with Crippen molar-refractivity contribution in [3.63, 3.8) is 0 Å². The molecule has 0 atom stereocenters. The molecule has 0 bridgehead atoms. The summed E-state index contributed by atoms with van der Waals surface area (Å²) in [6.07, 6.45) is 0. The van der Waals surface area contributed by atoms with Gasteiger partial charge >= 0.3 is 46.1 Å². The van der Waals surface area contributed by atoms with Crippen LogP contribution in [0.4, 0.5) is 0 Å². The number of methoxy groups -OCH3 is 8. The molecule has 0 fully saturated rings. The van der Waals surface area contributed by atoms with Gasteiger partial charge in [-0.3, -0.25) is 0 Å². The van der Waals surface area contributed by atoms with Crippen LogP contribution in [0.5, 0.6) is 23.0 Å². The van der Waals surface area contributed by atoms with Crippen LogP contribution in [-0.4, -0.2) is 208 Å². The van der Waals surface area contributed by atoms with Gasteiger partial charge < -0.3 is 77.9 Å². The first-order valence-electron chi connectivity index (χ1n) is 36.7. The average Bonchev–Trinajstić information content (AvgIpc) is 0.809. The molecule has 0 aromatic heterocycles. The Balaban J connectivity index is 0. The van der Waals surface area contributed by atoms with Crippen molar-refractivity contribution in [3.05, 3.63) is 115 Å². The second-order valence-electron chi connectivity index (χ2n) is 35.7. The molecule has 0 unspecified atom stereocenters. The van der Waals surface area contributed by atoms with Gasteiger partial charge in [0.1, 0.15) is 78.5 Å². The second-order valence-corrected chi connectivity index (χ2v) is 35.7. The number of hydrogen-bond acceptors (Lipinski definition) is 12. The molecule has 0 saturated heterocycles. The van der Waals surface area contributed by atoms with Crippen molar-refractivity contribution in [2.75, 3.05) is 162 Å². The summed E-state index contributed by atoms with van der Waals surface area (Å²) in [5.74, 6) is 0.751. The van der Waals surface area contributed by atoms with E-state index in [0.717, 1.165) is 96.9 Å². The Morgan fingerprint density at radius 3 is 0.451 bits per heavy atom. The summed E-state index contributed by atoms with van der Waals surface area (Å²) in [5, 5.41) is 52.4. The summed E-state index contributed by atoms with van der Waals surface area (Å²) in [7, 11) is 13.7. The first kappa shape index (κ1) is 101. The van der Waals surface area contributed by atoms with Crippen molar-refractivity contribution in [2.24, 2.45) is 0 Å². The number of hydrogen-bond donors (Lipinski definition) is 4. The van der Waals surface area contributed by atoms with Gasteiger partial charge in [0.25, 0.3) is 0 Å². The third kappa shape index (κ3) is 36.4. The molecule has 0 aliphatic heterocycles. The van der Waals surface area contributed by atoms with E-state index in [1.807, 2.05) is 0 Å². The normalized spacial score (nSPS) is 12.6. The van der Waals surface area contributed by atoms with E-state index in [1.165, 1.54) is 41.9 Å².